The van der Waals surface area contributed by atoms with Crippen molar-refractivity contribution < 1.29 is 4.79 Å². The van der Waals surface area contributed by atoms with Gasteiger partial charge < -0.3 is 10.2 Å². The Balaban J connectivity index is 2.19. The number of carbonyl (C=O) groups is 1. The molecule has 2 heterocycles. The van der Waals surface area contributed by atoms with Crippen LogP contribution in [-0.2, 0) is 4.79 Å². The van der Waals surface area contributed by atoms with E-state index in [9.17, 15) is 4.79 Å². The van der Waals surface area contributed by atoms with Crippen molar-refractivity contribution in [3.63, 3.8) is 0 Å². The third kappa shape index (κ3) is 2.30. The van der Waals surface area contributed by atoms with Crippen molar-refractivity contribution in [3.05, 3.63) is 33.9 Å². The Morgan fingerprint density at radius 2 is 2.15 bits per heavy atom. The Morgan fingerprint density at radius 1 is 1.35 bits per heavy atom. The standard InChI is InChI=1S/C14H13Cl2N3O/c1-8-6-11(19-5-4-17-12(20)7-19)9-2-3-10(15)13(16)14(9)18-8/h2-3,6H,4-5,7H2,1H3,(H,17,20). The van der Waals surface area contributed by atoms with E-state index in [0.717, 1.165) is 23.3 Å². The zero-order valence-corrected chi connectivity index (χ0v) is 12.4. The number of carbonyl (C=O) groups excluding carboxylic acids is 1. The molecule has 0 atom stereocenters. The van der Waals surface area contributed by atoms with Crippen LogP contribution in [0.1, 0.15) is 5.69 Å². The highest BCUT2D eigenvalue weighted by atomic mass is 35.5. The maximum absolute atomic E-state index is 11.6. The summed E-state index contributed by atoms with van der Waals surface area (Å²) in [5, 5.41) is 4.68. The van der Waals surface area contributed by atoms with Crippen LogP contribution in [0.5, 0.6) is 0 Å². The highest BCUT2D eigenvalue weighted by Gasteiger charge is 2.20. The number of nitrogens with one attached hydrogen (secondary N) is 1. The Hall–Kier alpha value is -1.52. The molecule has 104 valence electrons. The Bertz CT molecular complexity index is 702. The monoisotopic (exact) mass is 309 g/mol. The Morgan fingerprint density at radius 3 is 2.90 bits per heavy atom. The molecule has 0 aliphatic carbocycles. The lowest BCUT2D eigenvalue weighted by Crippen LogP contribution is -2.47. The van der Waals surface area contributed by atoms with Crippen molar-refractivity contribution in [1.29, 1.82) is 0 Å². The molecule has 1 fully saturated rings. The van der Waals surface area contributed by atoms with Gasteiger partial charge in [0.2, 0.25) is 5.91 Å². The minimum atomic E-state index is 0.0268. The molecule has 1 N–H and O–H groups in total. The van der Waals surface area contributed by atoms with E-state index < -0.39 is 0 Å². The largest absolute Gasteiger partial charge is 0.360 e. The van der Waals surface area contributed by atoms with Crippen LogP contribution < -0.4 is 10.2 Å². The number of rotatable bonds is 1. The van der Waals surface area contributed by atoms with Crippen LogP contribution >= 0.6 is 23.2 Å². The van der Waals surface area contributed by atoms with Gasteiger partial charge in [-0.25, -0.2) is 0 Å². The van der Waals surface area contributed by atoms with Gasteiger partial charge in [0.25, 0.3) is 0 Å². The predicted molar refractivity (Wildman–Crippen MR) is 81.7 cm³/mol. The number of halogens is 2. The first kappa shape index (κ1) is 13.5. The number of benzene rings is 1. The van der Waals surface area contributed by atoms with Gasteiger partial charge in [0.1, 0.15) is 0 Å². The molecule has 1 amide bonds. The molecular formula is C14H13Cl2N3O. The zero-order chi connectivity index (χ0) is 14.3. The highest BCUT2D eigenvalue weighted by Crippen LogP contribution is 2.35. The molecule has 1 aromatic heterocycles. The molecule has 0 bridgehead atoms. The number of fused-ring (bicyclic) bond motifs is 1. The minimum Gasteiger partial charge on any atom is -0.360 e. The van der Waals surface area contributed by atoms with E-state index in [0.29, 0.717) is 28.7 Å². The Labute approximate surface area is 126 Å². The first-order valence-electron chi connectivity index (χ1n) is 6.33. The number of hydrogen-bond donors (Lipinski definition) is 1. The maximum atomic E-state index is 11.6. The minimum absolute atomic E-state index is 0.0268. The summed E-state index contributed by atoms with van der Waals surface area (Å²) in [4.78, 5) is 18.1. The summed E-state index contributed by atoms with van der Waals surface area (Å²) in [6, 6.07) is 5.64. The molecule has 0 unspecified atom stereocenters. The SMILES string of the molecule is Cc1cc(N2CCNC(=O)C2)c2ccc(Cl)c(Cl)c2n1. The van der Waals surface area contributed by atoms with E-state index in [1.165, 1.54) is 0 Å². The third-order valence-corrected chi connectivity index (χ3v) is 4.15. The average Bonchev–Trinajstić information content (AvgIpc) is 2.43. The smallest absolute Gasteiger partial charge is 0.239 e. The molecule has 4 nitrogen and oxygen atoms in total. The van der Waals surface area contributed by atoms with E-state index in [2.05, 4.69) is 10.3 Å². The van der Waals surface area contributed by atoms with Crippen molar-refractivity contribution in [2.24, 2.45) is 0 Å². The summed E-state index contributed by atoms with van der Waals surface area (Å²) < 4.78 is 0. The van der Waals surface area contributed by atoms with Crippen LogP contribution in [0.25, 0.3) is 10.9 Å². The fourth-order valence-corrected chi connectivity index (χ4v) is 2.81. The molecular weight excluding hydrogens is 297 g/mol. The third-order valence-electron chi connectivity index (χ3n) is 3.36. The lowest BCUT2D eigenvalue weighted by molar-refractivity contribution is -0.120. The fraction of sp³-hybridized carbons (Fsp3) is 0.286. The van der Waals surface area contributed by atoms with Crippen LogP contribution in [-0.4, -0.2) is 30.5 Å². The van der Waals surface area contributed by atoms with Gasteiger partial charge in [-0.15, -0.1) is 0 Å². The van der Waals surface area contributed by atoms with Crippen molar-refractivity contribution in [1.82, 2.24) is 10.3 Å². The lowest BCUT2D eigenvalue weighted by atomic mass is 10.1. The van der Waals surface area contributed by atoms with E-state index in [-0.39, 0.29) is 5.91 Å². The van der Waals surface area contributed by atoms with E-state index in [4.69, 9.17) is 23.2 Å². The van der Waals surface area contributed by atoms with Gasteiger partial charge in [-0.2, -0.15) is 0 Å². The lowest BCUT2D eigenvalue weighted by Gasteiger charge is -2.29. The van der Waals surface area contributed by atoms with Gasteiger partial charge in [-0.05, 0) is 25.1 Å². The highest BCUT2D eigenvalue weighted by molar-refractivity contribution is 6.45. The Kier molecular flexibility index (Phi) is 3.44. The van der Waals surface area contributed by atoms with Gasteiger partial charge in [0, 0.05) is 29.9 Å². The van der Waals surface area contributed by atoms with Crippen LogP contribution in [0, 0.1) is 6.92 Å². The predicted octanol–water partition coefficient (Wildman–Crippen LogP) is 2.79. The first-order valence-corrected chi connectivity index (χ1v) is 7.09. The molecule has 0 saturated carbocycles. The van der Waals surface area contributed by atoms with Gasteiger partial charge in [-0.1, -0.05) is 23.2 Å². The van der Waals surface area contributed by atoms with Crippen molar-refractivity contribution >= 4 is 45.7 Å². The number of nitrogens with zero attached hydrogens (tertiary/aromatic N) is 2. The normalized spacial score (nSPS) is 15.6. The molecule has 3 rings (SSSR count). The summed E-state index contributed by atoms with van der Waals surface area (Å²) in [5.74, 6) is 0.0268. The average molecular weight is 310 g/mol. The topological polar surface area (TPSA) is 45.2 Å². The van der Waals surface area contributed by atoms with E-state index in [1.54, 1.807) is 6.07 Å². The van der Waals surface area contributed by atoms with Gasteiger partial charge in [0.05, 0.1) is 22.1 Å². The second-order valence-electron chi connectivity index (χ2n) is 4.81. The van der Waals surface area contributed by atoms with Crippen LogP contribution in [0.4, 0.5) is 5.69 Å². The molecule has 2 aromatic rings. The number of amides is 1. The molecule has 1 aliphatic heterocycles. The number of hydrogen-bond acceptors (Lipinski definition) is 3. The number of pyridine rings is 1. The number of piperazine rings is 1. The molecule has 1 saturated heterocycles. The van der Waals surface area contributed by atoms with Crippen LogP contribution in [0.15, 0.2) is 18.2 Å². The fourth-order valence-electron chi connectivity index (χ4n) is 2.45. The zero-order valence-electron chi connectivity index (χ0n) is 10.9. The second-order valence-corrected chi connectivity index (χ2v) is 5.60. The van der Waals surface area contributed by atoms with Gasteiger partial charge >= 0.3 is 0 Å². The van der Waals surface area contributed by atoms with Crippen LogP contribution in [0.2, 0.25) is 10.0 Å². The summed E-state index contributed by atoms with van der Waals surface area (Å²) >= 11 is 12.3. The molecule has 6 heteroatoms. The summed E-state index contributed by atoms with van der Waals surface area (Å²) in [5.41, 5.74) is 2.50. The van der Waals surface area contributed by atoms with Crippen LogP contribution in [0.3, 0.4) is 0 Å². The number of aromatic nitrogens is 1. The van der Waals surface area contributed by atoms with Crippen molar-refractivity contribution in [2.45, 2.75) is 6.92 Å². The molecule has 1 aromatic carbocycles. The van der Waals surface area contributed by atoms with Crippen molar-refractivity contribution in [2.75, 3.05) is 24.5 Å². The molecule has 20 heavy (non-hydrogen) atoms. The van der Waals surface area contributed by atoms with E-state index >= 15 is 0 Å². The van der Waals surface area contributed by atoms with Crippen molar-refractivity contribution in [3.8, 4) is 0 Å². The maximum Gasteiger partial charge on any atom is 0.239 e. The summed E-state index contributed by atoms with van der Waals surface area (Å²) in [7, 11) is 0. The van der Waals surface area contributed by atoms with E-state index in [1.807, 2.05) is 24.0 Å². The first-order chi connectivity index (χ1) is 9.56. The number of aryl methyl sites for hydroxylation is 1. The summed E-state index contributed by atoms with van der Waals surface area (Å²) in [6.45, 7) is 3.66. The van der Waals surface area contributed by atoms with Gasteiger partial charge in [0.15, 0.2) is 0 Å². The molecule has 0 radical (unpaired) electrons. The number of anilines is 1. The quantitative estimate of drug-likeness (QED) is 0.881. The summed E-state index contributed by atoms with van der Waals surface area (Å²) in [6.07, 6.45) is 0. The molecule has 0 spiro atoms. The van der Waals surface area contributed by atoms with Gasteiger partial charge in [-0.3, -0.25) is 9.78 Å². The molecule has 1 aliphatic rings. The second kappa shape index (κ2) is 5.11.